The van der Waals surface area contributed by atoms with Crippen molar-refractivity contribution < 1.29 is 14.7 Å². The maximum atomic E-state index is 11.9. The predicted octanol–water partition coefficient (Wildman–Crippen LogP) is 1.64. The highest BCUT2D eigenvalue weighted by Crippen LogP contribution is 2.43. The molecule has 5 heteroatoms. The topological polar surface area (TPSA) is 92.4 Å². The SMILES string of the molecule is Nc1ccc(C(=O)NCC2(CC(=O)O)CCC2)cc1. The molecule has 102 valence electrons. The van der Waals surface area contributed by atoms with Gasteiger partial charge >= 0.3 is 5.97 Å². The van der Waals surface area contributed by atoms with Crippen LogP contribution in [0, 0.1) is 5.41 Å². The number of carbonyl (C=O) groups is 2. The first-order valence-corrected chi connectivity index (χ1v) is 6.36. The summed E-state index contributed by atoms with van der Waals surface area (Å²) in [4.78, 5) is 22.8. The number of amides is 1. The maximum absolute atomic E-state index is 11.9. The Bertz CT molecular complexity index is 478. The van der Waals surface area contributed by atoms with Crippen LogP contribution < -0.4 is 11.1 Å². The minimum absolute atomic E-state index is 0.120. The van der Waals surface area contributed by atoms with Gasteiger partial charge in [-0.1, -0.05) is 6.42 Å². The van der Waals surface area contributed by atoms with E-state index in [1.54, 1.807) is 24.3 Å². The van der Waals surface area contributed by atoms with Crippen molar-refractivity contribution in [2.45, 2.75) is 25.7 Å². The van der Waals surface area contributed by atoms with E-state index in [4.69, 9.17) is 10.8 Å². The summed E-state index contributed by atoms with van der Waals surface area (Å²) in [5.41, 5.74) is 6.45. The molecule has 0 spiro atoms. The zero-order valence-corrected chi connectivity index (χ0v) is 10.7. The van der Waals surface area contributed by atoms with E-state index in [-0.39, 0.29) is 17.7 Å². The number of aliphatic carboxylic acids is 1. The van der Waals surface area contributed by atoms with Crippen molar-refractivity contribution in [3.63, 3.8) is 0 Å². The number of carboxylic acids is 1. The van der Waals surface area contributed by atoms with E-state index in [2.05, 4.69) is 5.32 Å². The fourth-order valence-corrected chi connectivity index (χ4v) is 2.42. The highest BCUT2D eigenvalue weighted by atomic mass is 16.4. The lowest BCUT2D eigenvalue weighted by Gasteiger charge is -2.40. The molecular formula is C14H18N2O3. The molecule has 1 aromatic rings. The number of nitrogens with one attached hydrogen (secondary N) is 1. The van der Waals surface area contributed by atoms with Crippen LogP contribution in [0.1, 0.15) is 36.0 Å². The number of nitrogens with two attached hydrogens (primary N) is 1. The van der Waals surface area contributed by atoms with E-state index < -0.39 is 5.97 Å². The molecule has 0 heterocycles. The van der Waals surface area contributed by atoms with Crippen molar-refractivity contribution in [3.8, 4) is 0 Å². The summed E-state index contributed by atoms with van der Waals surface area (Å²) in [6, 6.07) is 6.67. The third kappa shape index (κ3) is 3.24. The zero-order chi connectivity index (χ0) is 13.9. The quantitative estimate of drug-likeness (QED) is 0.703. The standard InChI is InChI=1S/C14H18N2O3/c15-11-4-2-10(3-5-11)13(19)16-9-14(6-1-7-14)8-12(17)18/h2-5H,1,6-9,15H2,(H,16,19)(H,17,18). The third-order valence-electron chi connectivity index (χ3n) is 3.74. The van der Waals surface area contributed by atoms with E-state index in [1.165, 1.54) is 0 Å². The second-order valence-corrected chi connectivity index (χ2v) is 5.23. The van der Waals surface area contributed by atoms with Gasteiger partial charge < -0.3 is 16.2 Å². The van der Waals surface area contributed by atoms with Crippen LogP contribution in [0.5, 0.6) is 0 Å². The average Bonchev–Trinajstić information content (AvgIpc) is 2.32. The Balaban J connectivity index is 1.92. The molecular weight excluding hydrogens is 244 g/mol. The largest absolute Gasteiger partial charge is 0.481 e. The summed E-state index contributed by atoms with van der Waals surface area (Å²) in [6.45, 7) is 0.419. The first-order chi connectivity index (χ1) is 9.01. The summed E-state index contributed by atoms with van der Waals surface area (Å²) in [5.74, 6) is -0.988. The van der Waals surface area contributed by atoms with Crippen LogP contribution in [-0.2, 0) is 4.79 Å². The van der Waals surface area contributed by atoms with Gasteiger partial charge in [-0.05, 0) is 42.5 Å². The second-order valence-electron chi connectivity index (χ2n) is 5.23. The van der Waals surface area contributed by atoms with Gasteiger partial charge in [0.25, 0.3) is 5.91 Å². The Morgan fingerprint density at radius 1 is 1.26 bits per heavy atom. The maximum Gasteiger partial charge on any atom is 0.303 e. The van der Waals surface area contributed by atoms with E-state index in [1.807, 2.05) is 0 Å². The fourth-order valence-electron chi connectivity index (χ4n) is 2.42. The molecule has 0 radical (unpaired) electrons. The number of hydrogen-bond acceptors (Lipinski definition) is 3. The van der Waals surface area contributed by atoms with Gasteiger partial charge in [0.05, 0.1) is 6.42 Å². The lowest BCUT2D eigenvalue weighted by atomic mass is 9.66. The molecule has 1 aliphatic rings. The van der Waals surface area contributed by atoms with Crippen LogP contribution >= 0.6 is 0 Å². The first-order valence-electron chi connectivity index (χ1n) is 6.36. The highest BCUT2D eigenvalue weighted by Gasteiger charge is 2.39. The third-order valence-corrected chi connectivity index (χ3v) is 3.74. The number of carbonyl (C=O) groups excluding carboxylic acids is 1. The van der Waals surface area contributed by atoms with Gasteiger partial charge in [0.2, 0.25) is 0 Å². The van der Waals surface area contributed by atoms with E-state index in [9.17, 15) is 9.59 Å². The van der Waals surface area contributed by atoms with Crippen LogP contribution in [0.4, 0.5) is 5.69 Å². The van der Waals surface area contributed by atoms with Gasteiger partial charge in [-0.3, -0.25) is 9.59 Å². The molecule has 5 nitrogen and oxygen atoms in total. The van der Waals surface area contributed by atoms with Crippen molar-refractivity contribution in [3.05, 3.63) is 29.8 Å². The van der Waals surface area contributed by atoms with Gasteiger partial charge in [0.15, 0.2) is 0 Å². The van der Waals surface area contributed by atoms with Crippen LogP contribution in [0.25, 0.3) is 0 Å². The molecule has 0 aliphatic heterocycles. The molecule has 1 saturated carbocycles. The zero-order valence-electron chi connectivity index (χ0n) is 10.7. The molecule has 4 N–H and O–H groups in total. The van der Waals surface area contributed by atoms with E-state index in [0.29, 0.717) is 17.8 Å². The smallest absolute Gasteiger partial charge is 0.303 e. The van der Waals surface area contributed by atoms with E-state index in [0.717, 1.165) is 19.3 Å². The normalized spacial score (nSPS) is 16.4. The monoisotopic (exact) mass is 262 g/mol. The molecule has 0 bridgehead atoms. The van der Waals surface area contributed by atoms with Crippen molar-refractivity contribution in [2.75, 3.05) is 12.3 Å². The van der Waals surface area contributed by atoms with E-state index >= 15 is 0 Å². The van der Waals surface area contributed by atoms with Gasteiger partial charge in [-0.15, -0.1) is 0 Å². The van der Waals surface area contributed by atoms with Crippen molar-refractivity contribution in [1.82, 2.24) is 5.32 Å². The summed E-state index contributed by atoms with van der Waals surface area (Å²) in [6.07, 6.45) is 2.88. The molecule has 1 aromatic carbocycles. The van der Waals surface area contributed by atoms with Crippen molar-refractivity contribution >= 4 is 17.6 Å². The molecule has 2 rings (SSSR count). The summed E-state index contributed by atoms with van der Waals surface area (Å²) in [5, 5.41) is 11.7. The first kappa shape index (κ1) is 13.4. The summed E-state index contributed by atoms with van der Waals surface area (Å²) >= 11 is 0. The lowest BCUT2D eigenvalue weighted by molar-refractivity contribution is -0.141. The van der Waals surface area contributed by atoms with Crippen LogP contribution in [0.3, 0.4) is 0 Å². The number of nitrogen functional groups attached to an aromatic ring is 1. The van der Waals surface area contributed by atoms with Crippen LogP contribution in [0.2, 0.25) is 0 Å². The Hall–Kier alpha value is -2.04. The minimum Gasteiger partial charge on any atom is -0.481 e. The number of hydrogen-bond donors (Lipinski definition) is 3. The fraction of sp³-hybridized carbons (Fsp3) is 0.429. The molecule has 1 fully saturated rings. The van der Waals surface area contributed by atoms with Gasteiger partial charge in [0, 0.05) is 17.8 Å². The van der Waals surface area contributed by atoms with Crippen molar-refractivity contribution in [2.24, 2.45) is 5.41 Å². The van der Waals surface area contributed by atoms with Gasteiger partial charge in [-0.25, -0.2) is 0 Å². The number of carboxylic acid groups (broad SMARTS) is 1. The number of benzene rings is 1. The van der Waals surface area contributed by atoms with Crippen molar-refractivity contribution in [1.29, 1.82) is 0 Å². The lowest BCUT2D eigenvalue weighted by Crippen LogP contribution is -2.43. The Kier molecular flexibility index (Phi) is 3.74. The number of rotatable bonds is 5. The summed E-state index contributed by atoms with van der Waals surface area (Å²) < 4.78 is 0. The van der Waals surface area contributed by atoms with Crippen LogP contribution in [-0.4, -0.2) is 23.5 Å². The summed E-state index contributed by atoms with van der Waals surface area (Å²) in [7, 11) is 0. The Morgan fingerprint density at radius 2 is 1.89 bits per heavy atom. The van der Waals surface area contributed by atoms with Gasteiger partial charge in [0.1, 0.15) is 0 Å². The predicted molar refractivity (Wildman–Crippen MR) is 71.7 cm³/mol. The molecule has 0 saturated heterocycles. The molecule has 1 aliphatic carbocycles. The average molecular weight is 262 g/mol. The number of anilines is 1. The molecule has 0 aromatic heterocycles. The minimum atomic E-state index is -0.804. The second kappa shape index (κ2) is 5.30. The molecule has 0 unspecified atom stereocenters. The molecule has 19 heavy (non-hydrogen) atoms. The highest BCUT2D eigenvalue weighted by molar-refractivity contribution is 5.94. The Labute approximate surface area is 111 Å². The molecule has 0 atom stereocenters. The van der Waals surface area contributed by atoms with Gasteiger partial charge in [-0.2, -0.15) is 0 Å². The Morgan fingerprint density at radius 3 is 2.37 bits per heavy atom. The molecule has 1 amide bonds. The van der Waals surface area contributed by atoms with Crippen LogP contribution in [0.15, 0.2) is 24.3 Å².